The monoisotopic (exact) mass is 401 g/mol. The Kier molecular flexibility index (Phi) is 5.44. The second-order valence-corrected chi connectivity index (χ2v) is 8.68. The summed E-state index contributed by atoms with van der Waals surface area (Å²) in [5.41, 5.74) is 6.96. The van der Waals surface area contributed by atoms with Gasteiger partial charge in [-0.05, 0) is 60.1 Å². The number of amides is 1. The van der Waals surface area contributed by atoms with Crippen LogP contribution in [0, 0.1) is 0 Å². The third kappa shape index (κ3) is 3.48. The van der Waals surface area contributed by atoms with E-state index in [1.165, 1.54) is 23.1 Å². The minimum atomic E-state index is 0.123. The average Bonchev–Trinajstić information content (AvgIpc) is 2.68. The molecule has 1 aromatic heterocycles. The SMILES string of the molecule is CCSNC1CCCc2c(-c3cc(Cl)c4c(c3)CCC(=O)N4C)cncc21. The van der Waals surface area contributed by atoms with E-state index in [9.17, 15) is 4.79 Å². The molecule has 6 heteroatoms. The van der Waals surface area contributed by atoms with Crippen molar-refractivity contribution in [2.45, 2.75) is 45.1 Å². The molecule has 0 radical (unpaired) electrons. The minimum absolute atomic E-state index is 0.123. The number of nitrogens with one attached hydrogen (secondary N) is 1. The van der Waals surface area contributed by atoms with Crippen LogP contribution in [0.1, 0.15) is 48.9 Å². The minimum Gasteiger partial charge on any atom is -0.314 e. The van der Waals surface area contributed by atoms with Gasteiger partial charge in [-0.1, -0.05) is 30.5 Å². The van der Waals surface area contributed by atoms with Crippen molar-refractivity contribution < 1.29 is 4.79 Å². The Hall–Kier alpha value is -1.56. The summed E-state index contributed by atoms with van der Waals surface area (Å²) in [5.74, 6) is 1.17. The number of anilines is 1. The molecule has 1 aliphatic carbocycles. The van der Waals surface area contributed by atoms with Crippen molar-refractivity contribution >= 4 is 35.1 Å². The number of pyridine rings is 1. The highest BCUT2D eigenvalue weighted by Gasteiger charge is 2.26. The van der Waals surface area contributed by atoms with Crippen LogP contribution < -0.4 is 9.62 Å². The zero-order valence-electron chi connectivity index (χ0n) is 15.7. The molecule has 0 saturated heterocycles. The molecule has 1 unspecified atom stereocenters. The van der Waals surface area contributed by atoms with Gasteiger partial charge in [-0.2, -0.15) is 0 Å². The Balaban J connectivity index is 1.77. The molecule has 4 nitrogen and oxygen atoms in total. The third-order valence-corrected chi connectivity index (χ3v) is 6.55. The lowest BCUT2D eigenvalue weighted by Crippen LogP contribution is -2.31. The lowest BCUT2D eigenvalue weighted by Gasteiger charge is -2.29. The summed E-state index contributed by atoms with van der Waals surface area (Å²) in [6, 6.07) is 4.53. The standard InChI is InChI=1S/C21H24ClN3OS/c1-3-27-24-19-6-4-5-15-16(11-23-12-17(15)19)14-9-13-7-8-20(26)25(2)21(13)18(22)10-14/h9-12,19,24H,3-8H2,1-2H3. The van der Waals surface area contributed by atoms with Gasteiger partial charge in [0.25, 0.3) is 0 Å². The quantitative estimate of drug-likeness (QED) is 0.736. The molecule has 4 rings (SSSR count). The van der Waals surface area contributed by atoms with Crippen molar-refractivity contribution in [2.75, 3.05) is 17.7 Å². The Morgan fingerprint density at radius 3 is 2.96 bits per heavy atom. The third-order valence-electron chi connectivity index (χ3n) is 5.53. The number of aromatic nitrogens is 1. The van der Waals surface area contributed by atoms with Crippen LogP contribution in [0.15, 0.2) is 24.5 Å². The molecule has 1 N–H and O–H groups in total. The number of fused-ring (bicyclic) bond motifs is 2. The second kappa shape index (κ2) is 7.82. The first-order valence-electron chi connectivity index (χ1n) is 9.53. The summed E-state index contributed by atoms with van der Waals surface area (Å²) in [6.45, 7) is 2.16. The van der Waals surface area contributed by atoms with Gasteiger partial charge in [0.1, 0.15) is 0 Å². The highest BCUT2D eigenvalue weighted by molar-refractivity contribution is 7.97. The predicted molar refractivity (Wildman–Crippen MR) is 113 cm³/mol. The highest BCUT2D eigenvalue weighted by Crippen LogP contribution is 2.41. The largest absolute Gasteiger partial charge is 0.314 e. The first kappa shape index (κ1) is 18.8. The summed E-state index contributed by atoms with van der Waals surface area (Å²) in [7, 11) is 1.81. The normalized spacial score (nSPS) is 19.0. The maximum atomic E-state index is 12.0. The summed E-state index contributed by atoms with van der Waals surface area (Å²) < 4.78 is 3.58. The molecular formula is C21H24ClN3OS. The maximum Gasteiger partial charge on any atom is 0.227 e. The van der Waals surface area contributed by atoms with Crippen LogP contribution >= 0.6 is 23.5 Å². The smallest absolute Gasteiger partial charge is 0.227 e. The Morgan fingerprint density at radius 2 is 2.15 bits per heavy atom. The molecule has 142 valence electrons. The van der Waals surface area contributed by atoms with Gasteiger partial charge < -0.3 is 4.90 Å². The van der Waals surface area contributed by atoms with E-state index < -0.39 is 0 Å². The predicted octanol–water partition coefficient (Wildman–Crippen LogP) is 4.95. The van der Waals surface area contributed by atoms with Gasteiger partial charge in [-0.3, -0.25) is 14.5 Å². The number of nitrogens with zero attached hydrogens (tertiary/aromatic N) is 2. The van der Waals surface area contributed by atoms with Gasteiger partial charge >= 0.3 is 0 Å². The molecule has 1 aromatic carbocycles. The average molecular weight is 402 g/mol. The van der Waals surface area contributed by atoms with Crippen LogP contribution in [-0.4, -0.2) is 23.7 Å². The van der Waals surface area contributed by atoms with Crippen LogP contribution in [0.3, 0.4) is 0 Å². The molecule has 2 aliphatic rings. The van der Waals surface area contributed by atoms with E-state index in [0.29, 0.717) is 17.5 Å². The van der Waals surface area contributed by atoms with Gasteiger partial charge in [0, 0.05) is 43.2 Å². The maximum absolute atomic E-state index is 12.0. The van der Waals surface area contributed by atoms with Crippen LogP contribution in [0.4, 0.5) is 5.69 Å². The fraction of sp³-hybridized carbons (Fsp3) is 0.429. The summed E-state index contributed by atoms with van der Waals surface area (Å²) in [4.78, 5) is 18.3. The zero-order chi connectivity index (χ0) is 19.0. The van der Waals surface area contributed by atoms with E-state index in [1.54, 1.807) is 23.9 Å². The highest BCUT2D eigenvalue weighted by atomic mass is 35.5. The molecule has 0 fully saturated rings. The van der Waals surface area contributed by atoms with Gasteiger partial charge in [0.2, 0.25) is 5.91 Å². The summed E-state index contributed by atoms with van der Waals surface area (Å²) in [6.07, 6.45) is 8.63. The summed E-state index contributed by atoms with van der Waals surface area (Å²) in [5, 5.41) is 0.641. The fourth-order valence-corrected chi connectivity index (χ4v) is 5.17. The number of halogens is 1. The second-order valence-electron chi connectivity index (χ2n) is 7.17. The van der Waals surface area contributed by atoms with Gasteiger partial charge in [-0.15, -0.1) is 0 Å². The molecule has 0 bridgehead atoms. The van der Waals surface area contributed by atoms with Gasteiger partial charge in [-0.25, -0.2) is 0 Å². The lowest BCUT2D eigenvalue weighted by atomic mass is 9.84. The number of hydrogen-bond acceptors (Lipinski definition) is 4. The first-order valence-corrected chi connectivity index (χ1v) is 10.9. The van der Waals surface area contributed by atoms with E-state index >= 15 is 0 Å². The lowest BCUT2D eigenvalue weighted by molar-refractivity contribution is -0.118. The van der Waals surface area contributed by atoms with Crippen LogP contribution in [-0.2, 0) is 17.6 Å². The van der Waals surface area contributed by atoms with Crippen LogP contribution in [0.25, 0.3) is 11.1 Å². The number of hydrogen-bond donors (Lipinski definition) is 1. The van der Waals surface area contributed by atoms with Gasteiger partial charge in [0.05, 0.1) is 10.7 Å². The summed E-state index contributed by atoms with van der Waals surface area (Å²) >= 11 is 8.37. The molecular weight excluding hydrogens is 378 g/mol. The number of aryl methyl sites for hydroxylation is 1. The molecule has 1 atom stereocenters. The van der Waals surface area contributed by atoms with E-state index in [4.69, 9.17) is 11.6 Å². The van der Waals surface area contributed by atoms with Crippen LogP contribution in [0.5, 0.6) is 0 Å². The Morgan fingerprint density at radius 1 is 1.30 bits per heavy atom. The van der Waals surface area contributed by atoms with E-state index in [-0.39, 0.29) is 5.91 Å². The molecule has 0 saturated carbocycles. The van der Waals surface area contributed by atoms with Gasteiger partial charge in [0.15, 0.2) is 0 Å². The van der Waals surface area contributed by atoms with E-state index in [1.807, 2.05) is 18.5 Å². The number of carbonyl (C=O) groups excluding carboxylic acids is 1. The zero-order valence-corrected chi connectivity index (χ0v) is 17.3. The molecule has 1 amide bonds. The number of carbonyl (C=O) groups is 1. The van der Waals surface area contributed by atoms with Crippen molar-refractivity contribution in [3.63, 3.8) is 0 Å². The molecule has 0 spiro atoms. The van der Waals surface area contributed by atoms with Crippen molar-refractivity contribution in [2.24, 2.45) is 0 Å². The van der Waals surface area contributed by atoms with Crippen molar-refractivity contribution in [1.29, 1.82) is 0 Å². The van der Waals surface area contributed by atoms with E-state index in [0.717, 1.165) is 41.8 Å². The first-order chi connectivity index (χ1) is 13.1. The van der Waals surface area contributed by atoms with Crippen LogP contribution in [0.2, 0.25) is 5.02 Å². The fourth-order valence-electron chi connectivity index (χ4n) is 4.19. The number of rotatable bonds is 4. The van der Waals surface area contributed by atoms with Crippen molar-refractivity contribution in [1.82, 2.24) is 9.71 Å². The Labute approximate surface area is 169 Å². The number of benzene rings is 1. The van der Waals surface area contributed by atoms with Crippen molar-refractivity contribution in [3.05, 3.63) is 46.2 Å². The topological polar surface area (TPSA) is 45.2 Å². The molecule has 2 aromatic rings. The Bertz CT molecular complexity index is 886. The van der Waals surface area contributed by atoms with E-state index in [2.05, 4.69) is 22.7 Å². The molecule has 27 heavy (non-hydrogen) atoms. The molecule has 2 heterocycles. The van der Waals surface area contributed by atoms with Crippen molar-refractivity contribution in [3.8, 4) is 11.1 Å². The molecule has 1 aliphatic heterocycles.